The summed E-state index contributed by atoms with van der Waals surface area (Å²) in [5.41, 5.74) is -1.92. The van der Waals surface area contributed by atoms with Crippen LogP contribution in [0.3, 0.4) is 0 Å². The molecule has 0 spiro atoms. The second-order valence-corrected chi connectivity index (χ2v) is 7.48. The van der Waals surface area contributed by atoms with Gasteiger partial charge in [0.1, 0.15) is 5.60 Å². The summed E-state index contributed by atoms with van der Waals surface area (Å²) in [5.74, 6) is 0. The Morgan fingerprint density at radius 3 is 1.22 bits per heavy atom. The van der Waals surface area contributed by atoms with Crippen molar-refractivity contribution in [1.29, 1.82) is 0 Å². The number of ether oxygens (including phenoxy) is 2. The number of halogens is 1. The maximum Gasteiger partial charge on any atom is 0.162 e. The monoisotopic (exact) mass is 262 g/mol. The Labute approximate surface area is 110 Å². The Bertz CT molecular complexity index is 250. The highest BCUT2D eigenvalue weighted by molar-refractivity contribution is 4.96. The molecule has 108 valence electrons. The lowest BCUT2D eigenvalue weighted by molar-refractivity contribution is -0.228. The van der Waals surface area contributed by atoms with Crippen molar-refractivity contribution in [3.63, 3.8) is 0 Å². The molecule has 0 amide bonds. The molecule has 18 heavy (non-hydrogen) atoms. The molecule has 0 aromatic heterocycles. The van der Waals surface area contributed by atoms with Gasteiger partial charge in [-0.1, -0.05) is 41.5 Å². The van der Waals surface area contributed by atoms with Crippen molar-refractivity contribution in [3.05, 3.63) is 0 Å². The van der Waals surface area contributed by atoms with Crippen LogP contribution in [0.4, 0.5) is 4.39 Å². The lowest BCUT2D eigenvalue weighted by Crippen LogP contribution is -2.58. The predicted molar refractivity (Wildman–Crippen MR) is 69.3 cm³/mol. The van der Waals surface area contributed by atoms with Gasteiger partial charge in [0.05, 0.1) is 26.4 Å². The number of rotatable bonds is 0. The SMILES string of the molecule is CC(C)(C)C1(F)COC1.CC(C)(C)C1(O)COC1. The first-order chi connectivity index (χ1) is 7.91. The molecule has 2 aliphatic rings. The lowest BCUT2D eigenvalue weighted by atomic mass is 9.75. The molecule has 0 radical (unpaired) electrons. The number of aliphatic hydroxyl groups is 1. The zero-order chi connectivity index (χ0) is 14.2. The predicted octanol–water partition coefficient (Wildman–Crippen LogP) is 2.56. The summed E-state index contributed by atoms with van der Waals surface area (Å²) in [6, 6.07) is 0. The Morgan fingerprint density at radius 1 is 0.833 bits per heavy atom. The van der Waals surface area contributed by atoms with Crippen LogP contribution in [0.15, 0.2) is 0 Å². The van der Waals surface area contributed by atoms with E-state index >= 15 is 0 Å². The fourth-order valence-corrected chi connectivity index (χ4v) is 1.44. The van der Waals surface area contributed by atoms with Gasteiger partial charge in [0, 0.05) is 5.41 Å². The Kier molecular flexibility index (Phi) is 4.17. The Hall–Kier alpha value is -0.190. The van der Waals surface area contributed by atoms with Gasteiger partial charge in [-0.05, 0) is 5.41 Å². The third kappa shape index (κ3) is 3.03. The van der Waals surface area contributed by atoms with E-state index < -0.39 is 11.3 Å². The maximum atomic E-state index is 13.3. The van der Waals surface area contributed by atoms with Crippen LogP contribution < -0.4 is 0 Å². The lowest BCUT2D eigenvalue weighted by Gasteiger charge is -2.46. The molecule has 0 aromatic carbocycles. The second-order valence-electron chi connectivity index (χ2n) is 7.48. The van der Waals surface area contributed by atoms with Gasteiger partial charge >= 0.3 is 0 Å². The molecule has 0 aromatic rings. The summed E-state index contributed by atoms with van der Waals surface area (Å²) in [6.07, 6.45) is 0. The van der Waals surface area contributed by atoms with Crippen molar-refractivity contribution in [2.24, 2.45) is 10.8 Å². The summed E-state index contributed by atoms with van der Waals surface area (Å²) >= 11 is 0. The first kappa shape index (κ1) is 15.9. The zero-order valence-electron chi connectivity index (χ0n) is 12.5. The van der Waals surface area contributed by atoms with E-state index in [0.29, 0.717) is 13.2 Å². The highest BCUT2D eigenvalue weighted by Gasteiger charge is 2.49. The van der Waals surface area contributed by atoms with E-state index in [1.54, 1.807) is 0 Å². The molecule has 0 bridgehead atoms. The van der Waals surface area contributed by atoms with E-state index in [1.165, 1.54) is 0 Å². The third-order valence-corrected chi connectivity index (χ3v) is 4.08. The van der Waals surface area contributed by atoms with E-state index in [9.17, 15) is 9.50 Å². The largest absolute Gasteiger partial charge is 0.385 e. The molecule has 2 heterocycles. The molecule has 0 unspecified atom stereocenters. The smallest absolute Gasteiger partial charge is 0.162 e. The van der Waals surface area contributed by atoms with Crippen molar-refractivity contribution < 1.29 is 19.0 Å². The molecule has 2 fully saturated rings. The van der Waals surface area contributed by atoms with Crippen LogP contribution in [-0.4, -0.2) is 42.8 Å². The average Bonchev–Trinajstić information content (AvgIpc) is 2.07. The van der Waals surface area contributed by atoms with Crippen molar-refractivity contribution in [3.8, 4) is 0 Å². The first-order valence-electron chi connectivity index (χ1n) is 6.48. The van der Waals surface area contributed by atoms with Crippen LogP contribution in [0.1, 0.15) is 41.5 Å². The molecule has 2 rings (SSSR count). The summed E-state index contributed by atoms with van der Waals surface area (Å²) in [5, 5.41) is 9.62. The van der Waals surface area contributed by atoms with Crippen molar-refractivity contribution in [2.45, 2.75) is 52.8 Å². The van der Waals surface area contributed by atoms with E-state index in [0.717, 1.165) is 0 Å². The quantitative estimate of drug-likeness (QED) is 0.729. The third-order valence-electron chi connectivity index (χ3n) is 4.08. The molecule has 2 saturated heterocycles. The van der Waals surface area contributed by atoms with Crippen LogP contribution in [0.5, 0.6) is 0 Å². The van der Waals surface area contributed by atoms with Crippen molar-refractivity contribution in [1.82, 2.24) is 0 Å². The molecule has 3 nitrogen and oxygen atoms in total. The fraction of sp³-hybridized carbons (Fsp3) is 1.00. The summed E-state index contributed by atoms with van der Waals surface area (Å²) in [7, 11) is 0. The van der Waals surface area contributed by atoms with Gasteiger partial charge in [0.15, 0.2) is 5.67 Å². The molecule has 0 atom stereocenters. The summed E-state index contributed by atoms with van der Waals surface area (Å²) in [4.78, 5) is 0. The molecule has 1 N–H and O–H groups in total. The highest BCUT2D eigenvalue weighted by Crippen LogP contribution is 2.39. The number of hydrogen-bond donors (Lipinski definition) is 1. The van der Waals surface area contributed by atoms with E-state index in [4.69, 9.17) is 9.47 Å². The topological polar surface area (TPSA) is 38.7 Å². The van der Waals surface area contributed by atoms with Gasteiger partial charge in [-0.3, -0.25) is 0 Å². The van der Waals surface area contributed by atoms with Crippen LogP contribution in [0.2, 0.25) is 0 Å². The number of alkyl halides is 1. The molecule has 0 aliphatic carbocycles. The fourth-order valence-electron chi connectivity index (χ4n) is 1.44. The summed E-state index contributed by atoms with van der Waals surface area (Å²) in [6.45, 7) is 13.3. The highest BCUT2D eigenvalue weighted by atomic mass is 19.1. The molecule has 2 aliphatic heterocycles. The van der Waals surface area contributed by atoms with Gasteiger partial charge in [0.2, 0.25) is 0 Å². The Balaban J connectivity index is 0.000000180. The van der Waals surface area contributed by atoms with Crippen LogP contribution in [0.25, 0.3) is 0 Å². The molecule has 4 heteroatoms. The second kappa shape index (κ2) is 4.73. The van der Waals surface area contributed by atoms with Gasteiger partial charge < -0.3 is 14.6 Å². The molecular formula is C14H27FO3. The zero-order valence-corrected chi connectivity index (χ0v) is 12.5. The minimum atomic E-state index is -1.06. The van der Waals surface area contributed by atoms with Gasteiger partial charge in [-0.2, -0.15) is 0 Å². The Morgan fingerprint density at radius 2 is 1.22 bits per heavy atom. The molecule has 0 saturated carbocycles. The van der Waals surface area contributed by atoms with E-state index in [-0.39, 0.29) is 24.0 Å². The average molecular weight is 262 g/mol. The van der Waals surface area contributed by atoms with E-state index in [1.807, 2.05) is 41.5 Å². The standard InChI is InChI=1S/C7H13FO.C7H14O2/c2*1-6(2,3)7(8)4-9-5-7/h4-5H2,1-3H3;8H,4-5H2,1-3H3. The first-order valence-corrected chi connectivity index (χ1v) is 6.48. The van der Waals surface area contributed by atoms with Gasteiger partial charge in [-0.15, -0.1) is 0 Å². The normalized spacial score (nSPS) is 25.3. The van der Waals surface area contributed by atoms with Gasteiger partial charge in [-0.25, -0.2) is 4.39 Å². The minimum absolute atomic E-state index is 0.0365. The number of hydrogen-bond acceptors (Lipinski definition) is 3. The van der Waals surface area contributed by atoms with Crippen LogP contribution in [-0.2, 0) is 9.47 Å². The van der Waals surface area contributed by atoms with Crippen molar-refractivity contribution >= 4 is 0 Å². The van der Waals surface area contributed by atoms with Crippen LogP contribution >= 0.6 is 0 Å². The van der Waals surface area contributed by atoms with Crippen LogP contribution in [0, 0.1) is 10.8 Å². The minimum Gasteiger partial charge on any atom is -0.385 e. The summed E-state index contributed by atoms with van der Waals surface area (Å²) < 4.78 is 23.0. The molecular weight excluding hydrogens is 235 g/mol. The maximum absolute atomic E-state index is 13.3. The van der Waals surface area contributed by atoms with Gasteiger partial charge in [0.25, 0.3) is 0 Å². The van der Waals surface area contributed by atoms with E-state index in [2.05, 4.69) is 0 Å². The van der Waals surface area contributed by atoms with Crippen molar-refractivity contribution in [2.75, 3.05) is 26.4 Å².